The zero-order valence-corrected chi connectivity index (χ0v) is 20.8. The third kappa shape index (κ3) is 6.18. The summed E-state index contributed by atoms with van der Waals surface area (Å²) in [6.07, 6.45) is 2.94. The van der Waals surface area contributed by atoms with Gasteiger partial charge in [0.25, 0.3) is 0 Å². The first-order valence-corrected chi connectivity index (χ1v) is 11.8. The van der Waals surface area contributed by atoms with Crippen molar-refractivity contribution in [3.63, 3.8) is 0 Å². The largest absolute Gasteiger partial charge is 0.457 e. The predicted molar refractivity (Wildman–Crippen MR) is 142 cm³/mol. The fourth-order valence-corrected chi connectivity index (χ4v) is 4.06. The summed E-state index contributed by atoms with van der Waals surface area (Å²) in [4.78, 5) is 14.6. The highest BCUT2D eigenvalue weighted by Gasteiger charge is 2.16. The van der Waals surface area contributed by atoms with Gasteiger partial charge in [-0.25, -0.2) is 0 Å². The van der Waals surface area contributed by atoms with Crippen LogP contribution in [0.15, 0.2) is 59.0 Å². The molecule has 3 aromatic rings. The Labute approximate surface area is 213 Å². The molecule has 1 saturated heterocycles. The maximum atomic E-state index is 12.4. The molecule has 0 atom stereocenters. The molecule has 2 heterocycles. The Kier molecular flexibility index (Phi) is 7.90. The van der Waals surface area contributed by atoms with Gasteiger partial charge in [0.1, 0.15) is 11.5 Å². The van der Waals surface area contributed by atoms with Gasteiger partial charge in [0, 0.05) is 34.8 Å². The zero-order chi connectivity index (χ0) is 24.1. The lowest BCUT2D eigenvalue weighted by Gasteiger charge is -2.30. The average molecular weight is 516 g/mol. The lowest BCUT2D eigenvalue weighted by Crippen LogP contribution is -2.37. The molecule has 0 bridgehead atoms. The zero-order valence-electron chi connectivity index (χ0n) is 18.4. The van der Waals surface area contributed by atoms with Crippen molar-refractivity contribution in [1.82, 2.24) is 5.32 Å². The van der Waals surface area contributed by atoms with E-state index in [1.165, 1.54) is 6.08 Å². The molecule has 1 aromatic heterocycles. The van der Waals surface area contributed by atoms with E-state index in [2.05, 4.69) is 15.5 Å². The molecule has 176 valence electrons. The van der Waals surface area contributed by atoms with Gasteiger partial charge < -0.3 is 19.4 Å². The summed E-state index contributed by atoms with van der Waals surface area (Å²) < 4.78 is 11.2. The quantitative estimate of drug-likeness (QED) is 0.324. The lowest BCUT2D eigenvalue weighted by molar-refractivity contribution is -0.115. The summed E-state index contributed by atoms with van der Waals surface area (Å²) in [6.45, 7) is 4.77. The molecule has 4 rings (SSSR count). The number of thiocarbonyl (C=S) groups is 1. The van der Waals surface area contributed by atoms with Crippen LogP contribution in [0.4, 0.5) is 11.4 Å². The number of benzene rings is 2. The van der Waals surface area contributed by atoms with Crippen LogP contribution in [0.25, 0.3) is 17.4 Å². The Morgan fingerprint density at radius 1 is 1.09 bits per heavy atom. The third-order valence-electron chi connectivity index (χ3n) is 5.28. The van der Waals surface area contributed by atoms with Crippen LogP contribution in [-0.4, -0.2) is 37.3 Å². The maximum absolute atomic E-state index is 12.4. The summed E-state index contributed by atoms with van der Waals surface area (Å²) in [5, 5.41) is 7.13. The van der Waals surface area contributed by atoms with Gasteiger partial charge in [-0.1, -0.05) is 35.3 Å². The minimum atomic E-state index is -0.385. The Morgan fingerprint density at radius 3 is 2.65 bits per heavy atom. The van der Waals surface area contributed by atoms with Crippen LogP contribution in [0.5, 0.6) is 0 Å². The van der Waals surface area contributed by atoms with Crippen molar-refractivity contribution in [2.24, 2.45) is 0 Å². The molecule has 0 spiro atoms. The molecule has 2 N–H and O–H groups in total. The number of morpholine rings is 1. The Balaban J connectivity index is 1.37. The summed E-state index contributed by atoms with van der Waals surface area (Å²) >= 11 is 17.7. The van der Waals surface area contributed by atoms with Gasteiger partial charge in [0.2, 0.25) is 5.91 Å². The predicted octanol–water partition coefficient (Wildman–Crippen LogP) is 5.92. The summed E-state index contributed by atoms with van der Waals surface area (Å²) in [6, 6.07) is 14.9. The number of carbonyl (C=O) groups is 1. The minimum absolute atomic E-state index is 0.167. The van der Waals surface area contributed by atoms with Crippen molar-refractivity contribution >= 4 is 63.9 Å². The molecular weight excluding hydrogens is 493 g/mol. The van der Waals surface area contributed by atoms with E-state index in [0.29, 0.717) is 34.8 Å². The first kappa shape index (κ1) is 24.3. The Bertz CT molecular complexity index is 1240. The van der Waals surface area contributed by atoms with Crippen LogP contribution in [0, 0.1) is 6.92 Å². The maximum Gasteiger partial charge on any atom is 0.250 e. The number of amides is 1. The van der Waals surface area contributed by atoms with Gasteiger partial charge in [-0.3, -0.25) is 10.1 Å². The number of aryl methyl sites for hydroxylation is 1. The van der Waals surface area contributed by atoms with Gasteiger partial charge in [0.15, 0.2) is 5.11 Å². The second-order valence-electron chi connectivity index (χ2n) is 7.70. The number of anilines is 2. The molecule has 1 aliphatic heterocycles. The van der Waals surface area contributed by atoms with Crippen molar-refractivity contribution in [3.8, 4) is 11.3 Å². The second-order valence-corrected chi connectivity index (χ2v) is 8.96. The Hall–Kier alpha value is -2.84. The number of carbonyl (C=O) groups excluding carboxylic acids is 1. The minimum Gasteiger partial charge on any atom is -0.457 e. The van der Waals surface area contributed by atoms with E-state index in [9.17, 15) is 4.79 Å². The van der Waals surface area contributed by atoms with Gasteiger partial charge in [-0.2, -0.15) is 0 Å². The summed E-state index contributed by atoms with van der Waals surface area (Å²) in [7, 11) is 0. The molecule has 2 aromatic carbocycles. The van der Waals surface area contributed by atoms with Crippen LogP contribution in [0.3, 0.4) is 0 Å². The number of furan rings is 1. The number of hydrogen-bond donors (Lipinski definition) is 2. The van der Waals surface area contributed by atoms with Crippen molar-refractivity contribution in [2.45, 2.75) is 6.92 Å². The van der Waals surface area contributed by atoms with E-state index >= 15 is 0 Å². The van der Waals surface area contributed by atoms with Crippen molar-refractivity contribution < 1.29 is 13.9 Å². The van der Waals surface area contributed by atoms with E-state index in [1.54, 1.807) is 18.2 Å². The lowest BCUT2D eigenvalue weighted by atomic mass is 10.1. The SMILES string of the molecule is Cc1ccc(-c2ccc(/C=C/C(=O)NC(=S)Nc3cc(Cl)ccc3N3CCOCC3)o2)cc1Cl. The van der Waals surface area contributed by atoms with E-state index < -0.39 is 0 Å². The second kappa shape index (κ2) is 11.1. The van der Waals surface area contributed by atoms with Crippen LogP contribution in [-0.2, 0) is 9.53 Å². The normalized spacial score (nSPS) is 13.8. The highest BCUT2D eigenvalue weighted by molar-refractivity contribution is 7.80. The average Bonchev–Trinajstić information content (AvgIpc) is 3.29. The molecule has 9 heteroatoms. The standard InChI is InChI=1S/C25H23Cl2N3O3S/c1-16-2-3-17(14-20(16)27)23-8-5-19(33-23)6-9-24(31)29-25(34)28-21-15-18(26)4-7-22(21)30-10-12-32-13-11-30/h2-9,14-15H,10-13H2,1H3,(H2,28,29,31,34)/b9-6+. The number of hydrogen-bond acceptors (Lipinski definition) is 5. The first-order valence-electron chi connectivity index (χ1n) is 10.7. The Morgan fingerprint density at radius 2 is 1.88 bits per heavy atom. The number of halogens is 2. The number of nitrogens with one attached hydrogen (secondary N) is 2. The highest BCUT2D eigenvalue weighted by atomic mass is 35.5. The monoisotopic (exact) mass is 515 g/mol. The fourth-order valence-electron chi connectivity index (χ4n) is 3.50. The summed E-state index contributed by atoms with van der Waals surface area (Å²) in [5.41, 5.74) is 3.52. The molecule has 1 amide bonds. The van der Waals surface area contributed by atoms with E-state index in [-0.39, 0.29) is 11.0 Å². The van der Waals surface area contributed by atoms with Crippen LogP contribution in [0.1, 0.15) is 11.3 Å². The number of nitrogens with zero attached hydrogens (tertiary/aromatic N) is 1. The fraction of sp³-hybridized carbons (Fsp3) is 0.200. The number of ether oxygens (including phenoxy) is 1. The highest BCUT2D eigenvalue weighted by Crippen LogP contribution is 2.30. The molecule has 1 fully saturated rings. The first-order chi connectivity index (χ1) is 16.4. The van der Waals surface area contributed by atoms with Crippen molar-refractivity contribution in [3.05, 3.63) is 76.0 Å². The van der Waals surface area contributed by atoms with Crippen LogP contribution < -0.4 is 15.5 Å². The van der Waals surface area contributed by atoms with E-state index in [1.807, 2.05) is 43.3 Å². The smallest absolute Gasteiger partial charge is 0.250 e. The topological polar surface area (TPSA) is 66.7 Å². The molecule has 34 heavy (non-hydrogen) atoms. The van der Waals surface area contributed by atoms with Gasteiger partial charge in [0.05, 0.1) is 24.6 Å². The molecular formula is C25H23Cl2N3O3S. The molecule has 0 saturated carbocycles. The van der Waals surface area contributed by atoms with E-state index in [0.717, 1.165) is 35.6 Å². The molecule has 1 aliphatic rings. The van der Waals surface area contributed by atoms with Crippen LogP contribution >= 0.6 is 35.4 Å². The number of rotatable bonds is 5. The van der Waals surface area contributed by atoms with Crippen molar-refractivity contribution in [1.29, 1.82) is 0 Å². The van der Waals surface area contributed by atoms with Gasteiger partial charge in [-0.15, -0.1) is 0 Å². The van der Waals surface area contributed by atoms with Crippen molar-refractivity contribution in [2.75, 3.05) is 36.5 Å². The van der Waals surface area contributed by atoms with E-state index in [4.69, 9.17) is 44.6 Å². The summed E-state index contributed by atoms with van der Waals surface area (Å²) in [5.74, 6) is 0.810. The molecule has 0 unspecified atom stereocenters. The van der Waals surface area contributed by atoms with Crippen LogP contribution in [0.2, 0.25) is 10.0 Å². The van der Waals surface area contributed by atoms with Gasteiger partial charge >= 0.3 is 0 Å². The van der Waals surface area contributed by atoms with Gasteiger partial charge in [-0.05, 0) is 67.2 Å². The molecule has 0 aliphatic carbocycles. The third-order valence-corrected chi connectivity index (χ3v) is 6.12. The molecule has 6 nitrogen and oxygen atoms in total. The molecule has 0 radical (unpaired) electrons.